The maximum absolute atomic E-state index is 12.7. The Morgan fingerprint density at radius 1 is 1.20 bits per heavy atom. The Balaban J connectivity index is 1.60. The van der Waals surface area contributed by atoms with E-state index in [0.717, 1.165) is 31.5 Å². The zero-order chi connectivity index (χ0) is 10.4. The van der Waals surface area contributed by atoms with E-state index in [4.69, 9.17) is 5.73 Å². The Hall–Kier alpha value is -0.930. The number of rotatable bonds is 2. The summed E-state index contributed by atoms with van der Waals surface area (Å²) in [5.74, 6) is 1.29. The lowest BCUT2D eigenvalue weighted by Gasteiger charge is -2.18. The van der Waals surface area contributed by atoms with Crippen LogP contribution in [-0.2, 0) is 6.54 Å². The molecule has 1 saturated heterocycles. The highest BCUT2D eigenvalue weighted by atomic mass is 19.1. The molecular formula is C12H15FN2. The van der Waals surface area contributed by atoms with Crippen molar-refractivity contribution in [2.45, 2.75) is 12.6 Å². The molecule has 2 nitrogen and oxygen atoms in total. The monoisotopic (exact) mass is 206 g/mol. The number of nitrogens with two attached hydrogens (primary N) is 1. The van der Waals surface area contributed by atoms with Gasteiger partial charge in [-0.1, -0.05) is 12.1 Å². The first-order valence-electron chi connectivity index (χ1n) is 5.46. The molecule has 1 aliphatic carbocycles. The Bertz CT molecular complexity index is 350. The van der Waals surface area contributed by atoms with Crippen LogP contribution in [0.3, 0.4) is 0 Å². The average molecular weight is 206 g/mol. The minimum atomic E-state index is -0.162. The lowest BCUT2D eigenvalue weighted by Crippen LogP contribution is -2.27. The molecule has 0 aromatic heterocycles. The lowest BCUT2D eigenvalue weighted by molar-refractivity contribution is 0.290. The van der Waals surface area contributed by atoms with E-state index in [9.17, 15) is 4.39 Å². The van der Waals surface area contributed by atoms with E-state index in [2.05, 4.69) is 4.90 Å². The van der Waals surface area contributed by atoms with Gasteiger partial charge in [-0.05, 0) is 29.5 Å². The van der Waals surface area contributed by atoms with Crippen LogP contribution < -0.4 is 5.73 Å². The second-order valence-corrected chi connectivity index (χ2v) is 4.73. The van der Waals surface area contributed by atoms with Crippen molar-refractivity contribution in [3.8, 4) is 0 Å². The number of fused-ring (bicyclic) bond motifs is 1. The molecule has 15 heavy (non-hydrogen) atoms. The van der Waals surface area contributed by atoms with Crippen LogP contribution in [0.5, 0.6) is 0 Å². The molecule has 3 rings (SSSR count). The first-order valence-corrected chi connectivity index (χ1v) is 5.46. The summed E-state index contributed by atoms with van der Waals surface area (Å²) in [6, 6.07) is 7.23. The third-order valence-corrected chi connectivity index (χ3v) is 3.66. The van der Waals surface area contributed by atoms with Crippen molar-refractivity contribution in [1.82, 2.24) is 4.90 Å². The number of piperidine rings is 1. The molecule has 3 heteroatoms. The van der Waals surface area contributed by atoms with Gasteiger partial charge in [-0.3, -0.25) is 4.90 Å². The van der Waals surface area contributed by atoms with E-state index in [0.29, 0.717) is 6.04 Å². The normalized spacial score (nSPS) is 34.1. The van der Waals surface area contributed by atoms with Crippen LogP contribution in [0.4, 0.5) is 4.39 Å². The molecule has 2 atom stereocenters. The second-order valence-electron chi connectivity index (χ2n) is 4.73. The quantitative estimate of drug-likeness (QED) is 0.788. The van der Waals surface area contributed by atoms with Crippen LogP contribution in [-0.4, -0.2) is 24.0 Å². The van der Waals surface area contributed by atoms with Crippen molar-refractivity contribution in [2.75, 3.05) is 13.1 Å². The Morgan fingerprint density at radius 3 is 2.40 bits per heavy atom. The summed E-state index contributed by atoms with van der Waals surface area (Å²) >= 11 is 0. The minimum absolute atomic E-state index is 0.162. The first kappa shape index (κ1) is 9.31. The number of hydrogen-bond donors (Lipinski definition) is 1. The number of halogens is 1. The summed E-state index contributed by atoms with van der Waals surface area (Å²) in [4.78, 5) is 2.41. The third kappa shape index (κ3) is 1.66. The topological polar surface area (TPSA) is 29.3 Å². The standard InChI is InChI=1S/C12H15FN2/c13-9-3-1-8(2-4-9)5-15-6-10-11(7-15)12(10)14/h1-4,10-12H,5-7,14H2. The third-order valence-electron chi connectivity index (χ3n) is 3.66. The molecular weight excluding hydrogens is 191 g/mol. The molecule has 2 unspecified atom stereocenters. The fourth-order valence-corrected chi connectivity index (χ4v) is 2.64. The number of hydrogen-bond acceptors (Lipinski definition) is 2. The Labute approximate surface area is 88.9 Å². The molecule has 1 aromatic rings. The van der Waals surface area contributed by atoms with Gasteiger partial charge in [0.15, 0.2) is 0 Å². The molecule has 80 valence electrons. The van der Waals surface area contributed by atoms with E-state index in [1.54, 1.807) is 0 Å². The Kier molecular flexibility index (Phi) is 2.04. The van der Waals surface area contributed by atoms with Gasteiger partial charge in [0.1, 0.15) is 5.82 Å². The van der Waals surface area contributed by atoms with Crippen LogP contribution in [0.1, 0.15) is 5.56 Å². The number of benzene rings is 1. The van der Waals surface area contributed by atoms with E-state index in [1.807, 2.05) is 12.1 Å². The molecule has 0 radical (unpaired) electrons. The van der Waals surface area contributed by atoms with Gasteiger partial charge in [0.25, 0.3) is 0 Å². The SMILES string of the molecule is NC1C2CN(Cc3ccc(F)cc3)CC12. The largest absolute Gasteiger partial charge is 0.327 e. The van der Waals surface area contributed by atoms with Gasteiger partial charge in [-0.15, -0.1) is 0 Å². The summed E-state index contributed by atoms with van der Waals surface area (Å²) in [6.45, 7) is 3.16. The first-order chi connectivity index (χ1) is 7.24. The van der Waals surface area contributed by atoms with Gasteiger partial charge in [-0.25, -0.2) is 4.39 Å². The van der Waals surface area contributed by atoms with Gasteiger partial charge in [0.05, 0.1) is 0 Å². The zero-order valence-electron chi connectivity index (χ0n) is 8.57. The summed E-state index contributed by atoms with van der Waals surface area (Å²) in [6.07, 6.45) is 0. The summed E-state index contributed by atoms with van der Waals surface area (Å²) < 4.78 is 12.7. The predicted molar refractivity (Wildman–Crippen MR) is 56.6 cm³/mol. The maximum Gasteiger partial charge on any atom is 0.123 e. The van der Waals surface area contributed by atoms with Crippen molar-refractivity contribution in [2.24, 2.45) is 17.6 Å². The molecule has 0 amide bonds. The van der Waals surface area contributed by atoms with Crippen molar-refractivity contribution >= 4 is 0 Å². The molecule has 2 N–H and O–H groups in total. The summed E-state index contributed by atoms with van der Waals surface area (Å²) in [5, 5.41) is 0. The minimum Gasteiger partial charge on any atom is -0.327 e. The van der Waals surface area contributed by atoms with Crippen LogP contribution in [0.25, 0.3) is 0 Å². The Morgan fingerprint density at radius 2 is 1.80 bits per heavy atom. The van der Waals surface area contributed by atoms with Gasteiger partial charge in [0.2, 0.25) is 0 Å². The highest BCUT2D eigenvalue weighted by Gasteiger charge is 2.53. The molecule has 1 saturated carbocycles. The summed E-state index contributed by atoms with van der Waals surface area (Å²) in [5.41, 5.74) is 7.06. The lowest BCUT2D eigenvalue weighted by atomic mass is 10.2. The van der Waals surface area contributed by atoms with Crippen LogP contribution >= 0.6 is 0 Å². The van der Waals surface area contributed by atoms with Crippen molar-refractivity contribution < 1.29 is 4.39 Å². The molecule has 1 aliphatic heterocycles. The highest BCUT2D eigenvalue weighted by molar-refractivity contribution is 5.17. The van der Waals surface area contributed by atoms with E-state index >= 15 is 0 Å². The van der Waals surface area contributed by atoms with Crippen LogP contribution in [0.2, 0.25) is 0 Å². The highest BCUT2D eigenvalue weighted by Crippen LogP contribution is 2.44. The molecule has 0 spiro atoms. The molecule has 2 fully saturated rings. The van der Waals surface area contributed by atoms with Gasteiger partial charge in [0, 0.05) is 25.7 Å². The van der Waals surface area contributed by atoms with Crippen LogP contribution in [0, 0.1) is 17.7 Å². The number of likely N-dealkylation sites (tertiary alicyclic amines) is 1. The zero-order valence-corrected chi connectivity index (χ0v) is 8.57. The molecule has 2 aliphatic rings. The smallest absolute Gasteiger partial charge is 0.123 e. The summed E-state index contributed by atoms with van der Waals surface area (Å²) in [7, 11) is 0. The fraction of sp³-hybridized carbons (Fsp3) is 0.500. The molecule has 1 aromatic carbocycles. The van der Waals surface area contributed by atoms with E-state index in [1.165, 1.54) is 17.7 Å². The van der Waals surface area contributed by atoms with E-state index < -0.39 is 0 Å². The van der Waals surface area contributed by atoms with Crippen molar-refractivity contribution in [1.29, 1.82) is 0 Å². The molecule has 1 heterocycles. The van der Waals surface area contributed by atoms with Crippen molar-refractivity contribution in [3.05, 3.63) is 35.6 Å². The van der Waals surface area contributed by atoms with Gasteiger partial charge < -0.3 is 5.73 Å². The predicted octanol–water partition coefficient (Wildman–Crippen LogP) is 1.21. The van der Waals surface area contributed by atoms with Crippen LogP contribution in [0.15, 0.2) is 24.3 Å². The maximum atomic E-state index is 12.7. The van der Waals surface area contributed by atoms with Crippen molar-refractivity contribution in [3.63, 3.8) is 0 Å². The fourth-order valence-electron chi connectivity index (χ4n) is 2.64. The number of nitrogens with zero attached hydrogens (tertiary/aromatic N) is 1. The van der Waals surface area contributed by atoms with E-state index in [-0.39, 0.29) is 5.82 Å². The van der Waals surface area contributed by atoms with Gasteiger partial charge >= 0.3 is 0 Å². The molecule has 0 bridgehead atoms. The van der Waals surface area contributed by atoms with Gasteiger partial charge in [-0.2, -0.15) is 0 Å². The average Bonchev–Trinajstić information content (AvgIpc) is 2.66. The second kappa shape index (κ2) is 3.29.